The number of ether oxygens (including phenoxy) is 3. The molecule has 7 nitrogen and oxygen atoms in total. The molecule has 0 bridgehead atoms. The van der Waals surface area contributed by atoms with Crippen LogP contribution in [0.5, 0.6) is 11.5 Å². The number of nitrogens with one attached hydrogen (secondary N) is 1. The number of rotatable bonds is 8. The lowest BCUT2D eigenvalue weighted by Gasteiger charge is -2.09. The first kappa shape index (κ1) is 19.0. The van der Waals surface area contributed by atoms with Crippen LogP contribution in [0.15, 0.2) is 48.5 Å². The van der Waals surface area contributed by atoms with Gasteiger partial charge in [-0.05, 0) is 36.4 Å². The third-order valence-electron chi connectivity index (χ3n) is 3.52. The lowest BCUT2D eigenvalue weighted by molar-refractivity contribution is -0.141. The molecule has 2 aromatic carbocycles. The highest BCUT2D eigenvalue weighted by molar-refractivity contribution is 5.99. The van der Waals surface area contributed by atoms with Gasteiger partial charge in [0.1, 0.15) is 18.0 Å². The summed E-state index contributed by atoms with van der Waals surface area (Å²) in [6.45, 7) is -0.761. The highest BCUT2D eigenvalue weighted by Crippen LogP contribution is 2.16. The van der Waals surface area contributed by atoms with Gasteiger partial charge >= 0.3 is 5.97 Å². The number of methoxy groups -OCH3 is 2. The van der Waals surface area contributed by atoms with Crippen molar-refractivity contribution >= 4 is 17.7 Å². The minimum absolute atomic E-state index is 0.303. The van der Waals surface area contributed by atoms with Gasteiger partial charge in [-0.1, -0.05) is 12.1 Å². The third-order valence-corrected chi connectivity index (χ3v) is 3.52. The molecule has 0 aromatic heterocycles. The fourth-order valence-electron chi connectivity index (χ4n) is 2.14. The standard InChI is InChI=1S/C19H19NO6/c1-24-14-9-7-13(8-10-14)16(21)12-26-18(22)11-20-19(23)15-5-3-4-6-17(15)25-2/h3-10H,11-12H2,1-2H3,(H,20,23). The van der Waals surface area contributed by atoms with Crippen molar-refractivity contribution in [3.63, 3.8) is 0 Å². The van der Waals surface area contributed by atoms with E-state index in [1.807, 2.05) is 0 Å². The average Bonchev–Trinajstić information content (AvgIpc) is 2.70. The SMILES string of the molecule is COc1ccc(C(=O)COC(=O)CNC(=O)c2ccccc2OC)cc1. The van der Waals surface area contributed by atoms with Crippen LogP contribution in [0.2, 0.25) is 0 Å². The number of ketones is 1. The van der Waals surface area contributed by atoms with Crippen LogP contribution in [-0.4, -0.2) is 45.0 Å². The van der Waals surface area contributed by atoms with Gasteiger partial charge < -0.3 is 19.5 Å². The van der Waals surface area contributed by atoms with Crippen molar-refractivity contribution in [2.75, 3.05) is 27.4 Å². The molecular weight excluding hydrogens is 338 g/mol. The number of amides is 1. The highest BCUT2D eigenvalue weighted by Gasteiger charge is 2.14. The first-order valence-corrected chi connectivity index (χ1v) is 7.79. The quantitative estimate of drug-likeness (QED) is 0.573. The van der Waals surface area contributed by atoms with Crippen LogP contribution in [0.25, 0.3) is 0 Å². The van der Waals surface area contributed by atoms with Crippen molar-refractivity contribution in [3.8, 4) is 11.5 Å². The molecule has 26 heavy (non-hydrogen) atoms. The van der Waals surface area contributed by atoms with E-state index < -0.39 is 18.5 Å². The minimum Gasteiger partial charge on any atom is -0.497 e. The topological polar surface area (TPSA) is 90.9 Å². The Morgan fingerprint density at radius 1 is 0.923 bits per heavy atom. The number of Topliss-reactive ketones (excluding diaryl/α,β-unsaturated/α-hetero) is 1. The van der Waals surface area contributed by atoms with Gasteiger partial charge in [0.2, 0.25) is 0 Å². The van der Waals surface area contributed by atoms with Crippen molar-refractivity contribution in [2.24, 2.45) is 0 Å². The zero-order valence-corrected chi connectivity index (χ0v) is 14.5. The summed E-state index contributed by atoms with van der Waals surface area (Å²) in [7, 11) is 2.98. The fourth-order valence-corrected chi connectivity index (χ4v) is 2.14. The monoisotopic (exact) mass is 357 g/mol. The molecule has 1 N–H and O–H groups in total. The number of carbonyl (C=O) groups excluding carboxylic acids is 3. The maximum atomic E-state index is 12.1. The van der Waals surface area contributed by atoms with E-state index in [0.717, 1.165) is 0 Å². The van der Waals surface area contributed by atoms with E-state index in [1.165, 1.54) is 14.2 Å². The molecule has 0 heterocycles. The number of carbonyl (C=O) groups is 3. The van der Waals surface area contributed by atoms with Crippen LogP contribution >= 0.6 is 0 Å². The summed E-state index contributed by atoms with van der Waals surface area (Å²) in [6, 6.07) is 13.1. The Bertz CT molecular complexity index is 785. The molecule has 7 heteroatoms. The van der Waals surface area contributed by atoms with Gasteiger partial charge in [0, 0.05) is 5.56 Å². The van der Waals surface area contributed by atoms with E-state index in [4.69, 9.17) is 14.2 Å². The molecule has 0 aliphatic carbocycles. The van der Waals surface area contributed by atoms with Crippen LogP contribution in [0.1, 0.15) is 20.7 Å². The largest absolute Gasteiger partial charge is 0.497 e. The van der Waals surface area contributed by atoms with Gasteiger partial charge in [0.15, 0.2) is 12.4 Å². The zero-order chi connectivity index (χ0) is 18.9. The second-order valence-corrected chi connectivity index (χ2v) is 5.20. The Balaban J connectivity index is 1.81. The third kappa shape index (κ3) is 5.07. The lowest BCUT2D eigenvalue weighted by Crippen LogP contribution is -2.31. The summed E-state index contributed by atoms with van der Waals surface area (Å²) in [5.74, 6) is -0.515. The van der Waals surface area contributed by atoms with Crippen molar-refractivity contribution in [1.29, 1.82) is 0 Å². The Labute approximate surface area is 150 Å². The maximum absolute atomic E-state index is 12.1. The normalized spacial score (nSPS) is 9.92. The number of hydrogen-bond donors (Lipinski definition) is 1. The van der Waals surface area contributed by atoms with Crippen LogP contribution in [-0.2, 0) is 9.53 Å². The Hall–Kier alpha value is -3.35. The van der Waals surface area contributed by atoms with E-state index in [0.29, 0.717) is 22.6 Å². The molecule has 2 aromatic rings. The Morgan fingerprint density at radius 3 is 2.27 bits per heavy atom. The lowest BCUT2D eigenvalue weighted by atomic mass is 10.1. The minimum atomic E-state index is -0.713. The number of benzene rings is 2. The summed E-state index contributed by atoms with van der Waals surface area (Å²) in [5.41, 5.74) is 0.703. The van der Waals surface area contributed by atoms with Crippen LogP contribution in [0.4, 0.5) is 0 Å². The predicted octanol–water partition coefficient (Wildman–Crippen LogP) is 1.86. The van der Waals surface area contributed by atoms with E-state index in [-0.39, 0.29) is 12.3 Å². The summed E-state index contributed by atoms with van der Waals surface area (Å²) < 4.78 is 15.0. The summed E-state index contributed by atoms with van der Waals surface area (Å²) >= 11 is 0. The van der Waals surface area contributed by atoms with Crippen LogP contribution in [0, 0.1) is 0 Å². The summed E-state index contributed by atoms with van der Waals surface area (Å²) in [4.78, 5) is 35.8. The van der Waals surface area contributed by atoms with Crippen LogP contribution < -0.4 is 14.8 Å². The first-order valence-electron chi connectivity index (χ1n) is 7.79. The molecule has 0 aliphatic rings. The van der Waals surface area contributed by atoms with Gasteiger partial charge in [-0.25, -0.2) is 0 Å². The summed E-state index contributed by atoms with van der Waals surface area (Å²) in [5, 5.41) is 2.43. The van der Waals surface area contributed by atoms with Gasteiger partial charge in [0.05, 0.1) is 19.8 Å². The van der Waals surface area contributed by atoms with Crippen molar-refractivity contribution < 1.29 is 28.6 Å². The van der Waals surface area contributed by atoms with E-state index in [2.05, 4.69) is 5.32 Å². The molecule has 0 unspecified atom stereocenters. The molecule has 0 spiro atoms. The molecule has 0 radical (unpaired) electrons. The second kappa shape index (κ2) is 9.22. The molecule has 0 aliphatic heterocycles. The average molecular weight is 357 g/mol. The summed E-state index contributed by atoms with van der Waals surface area (Å²) in [6.07, 6.45) is 0. The predicted molar refractivity (Wildman–Crippen MR) is 93.6 cm³/mol. The number of para-hydroxylation sites is 1. The molecule has 0 fully saturated rings. The first-order chi connectivity index (χ1) is 12.5. The van der Waals surface area contributed by atoms with Gasteiger partial charge in [-0.15, -0.1) is 0 Å². The van der Waals surface area contributed by atoms with Crippen molar-refractivity contribution in [2.45, 2.75) is 0 Å². The molecule has 2 rings (SSSR count). The smallest absolute Gasteiger partial charge is 0.325 e. The number of esters is 1. The Morgan fingerprint density at radius 2 is 1.62 bits per heavy atom. The molecule has 136 valence electrons. The fraction of sp³-hybridized carbons (Fsp3) is 0.211. The van der Waals surface area contributed by atoms with E-state index >= 15 is 0 Å². The van der Waals surface area contributed by atoms with Crippen molar-refractivity contribution in [3.05, 3.63) is 59.7 Å². The molecule has 0 saturated carbocycles. The molecule has 0 atom stereocenters. The van der Waals surface area contributed by atoms with E-state index in [9.17, 15) is 14.4 Å². The second-order valence-electron chi connectivity index (χ2n) is 5.20. The van der Waals surface area contributed by atoms with Gasteiger partial charge in [-0.2, -0.15) is 0 Å². The van der Waals surface area contributed by atoms with Gasteiger partial charge in [0.25, 0.3) is 5.91 Å². The maximum Gasteiger partial charge on any atom is 0.325 e. The zero-order valence-electron chi connectivity index (χ0n) is 14.5. The Kier molecular flexibility index (Phi) is 6.73. The van der Waals surface area contributed by atoms with E-state index in [1.54, 1.807) is 48.5 Å². The highest BCUT2D eigenvalue weighted by atomic mass is 16.5. The van der Waals surface area contributed by atoms with Crippen molar-refractivity contribution in [1.82, 2.24) is 5.32 Å². The van der Waals surface area contributed by atoms with Gasteiger partial charge in [-0.3, -0.25) is 14.4 Å². The molecule has 0 saturated heterocycles. The molecule has 1 amide bonds. The van der Waals surface area contributed by atoms with Crippen LogP contribution in [0.3, 0.4) is 0 Å². The molecular formula is C19H19NO6. The number of hydrogen-bond acceptors (Lipinski definition) is 6.